The van der Waals surface area contributed by atoms with Crippen LogP contribution in [0.5, 0.6) is 0 Å². The molecule has 0 bridgehead atoms. The minimum absolute atomic E-state index is 0.594. The van der Waals surface area contributed by atoms with Crippen LogP contribution in [0.3, 0.4) is 0 Å². The zero-order chi connectivity index (χ0) is 14.4. The second-order valence-electron chi connectivity index (χ2n) is 5.11. The third kappa shape index (κ3) is 1.85. The zero-order valence-corrected chi connectivity index (χ0v) is 11.9. The van der Waals surface area contributed by atoms with E-state index in [1.807, 2.05) is 54.6 Å². The maximum absolute atomic E-state index is 11.9. The second-order valence-corrected chi connectivity index (χ2v) is 6.19. The lowest BCUT2D eigenvalue weighted by atomic mass is 9.87. The number of fused-ring (bicyclic) bond motifs is 4. The molecule has 4 rings (SSSR count). The molecular formula is C18H12O2S. The van der Waals surface area contributed by atoms with Crippen molar-refractivity contribution in [1.29, 1.82) is 0 Å². The number of carboxylic acid groups (broad SMARTS) is 1. The Morgan fingerprint density at radius 2 is 1.67 bits per heavy atom. The molecule has 0 spiro atoms. The van der Waals surface area contributed by atoms with E-state index in [1.54, 1.807) is 11.8 Å². The van der Waals surface area contributed by atoms with Gasteiger partial charge in [0.05, 0.1) is 0 Å². The van der Waals surface area contributed by atoms with Crippen molar-refractivity contribution in [1.82, 2.24) is 0 Å². The van der Waals surface area contributed by atoms with Crippen molar-refractivity contribution in [2.24, 2.45) is 0 Å². The molecule has 21 heavy (non-hydrogen) atoms. The molecular weight excluding hydrogens is 280 g/mol. The fourth-order valence-electron chi connectivity index (χ4n) is 3.00. The number of carbonyl (C=O) groups is 1. The summed E-state index contributed by atoms with van der Waals surface area (Å²) in [4.78, 5) is 14.0. The van der Waals surface area contributed by atoms with E-state index in [1.165, 1.54) is 0 Å². The molecule has 0 fully saturated rings. The molecule has 1 aliphatic rings. The number of aliphatic carboxylic acids is 1. The molecule has 1 N–H and O–H groups in total. The smallest absolute Gasteiger partial charge is 0.315 e. The van der Waals surface area contributed by atoms with Gasteiger partial charge in [0, 0.05) is 9.79 Å². The van der Waals surface area contributed by atoms with Gasteiger partial charge in [0.25, 0.3) is 0 Å². The van der Waals surface area contributed by atoms with E-state index >= 15 is 0 Å². The topological polar surface area (TPSA) is 37.3 Å². The van der Waals surface area contributed by atoms with Crippen molar-refractivity contribution in [2.75, 3.05) is 0 Å². The molecule has 0 saturated carbocycles. The highest BCUT2D eigenvalue weighted by Crippen LogP contribution is 2.48. The summed E-state index contributed by atoms with van der Waals surface area (Å²) in [6.07, 6.45) is 0. The van der Waals surface area contributed by atoms with Crippen molar-refractivity contribution in [2.45, 2.75) is 15.7 Å². The quantitative estimate of drug-likeness (QED) is 0.716. The largest absolute Gasteiger partial charge is 0.481 e. The minimum atomic E-state index is -0.791. The minimum Gasteiger partial charge on any atom is -0.481 e. The summed E-state index contributed by atoms with van der Waals surface area (Å²) in [5, 5.41) is 11.9. The van der Waals surface area contributed by atoms with Gasteiger partial charge in [-0.2, -0.15) is 0 Å². The molecule has 2 nitrogen and oxygen atoms in total. The van der Waals surface area contributed by atoms with E-state index in [0.29, 0.717) is 0 Å². The fraction of sp³-hybridized carbons (Fsp3) is 0.0556. The van der Waals surface area contributed by atoms with Crippen LogP contribution in [0.2, 0.25) is 0 Å². The molecule has 0 radical (unpaired) electrons. The van der Waals surface area contributed by atoms with E-state index < -0.39 is 11.9 Å². The molecule has 0 saturated heterocycles. The maximum atomic E-state index is 11.9. The third-order valence-electron chi connectivity index (χ3n) is 3.92. The first-order valence-electron chi connectivity index (χ1n) is 6.77. The highest BCUT2D eigenvalue weighted by atomic mass is 32.2. The van der Waals surface area contributed by atoms with Crippen molar-refractivity contribution < 1.29 is 9.90 Å². The first-order chi connectivity index (χ1) is 10.3. The lowest BCUT2D eigenvalue weighted by Gasteiger charge is -2.26. The van der Waals surface area contributed by atoms with E-state index in [9.17, 15) is 9.90 Å². The molecule has 1 aliphatic heterocycles. The molecule has 3 aromatic rings. The van der Waals surface area contributed by atoms with Gasteiger partial charge in [0.1, 0.15) is 5.92 Å². The third-order valence-corrected chi connectivity index (χ3v) is 5.08. The molecule has 1 unspecified atom stereocenters. The fourth-order valence-corrected chi connectivity index (χ4v) is 4.17. The maximum Gasteiger partial charge on any atom is 0.315 e. The van der Waals surface area contributed by atoms with Crippen LogP contribution in [0.4, 0.5) is 0 Å². The van der Waals surface area contributed by atoms with E-state index in [4.69, 9.17) is 0 Å². The van der Waals surface area contributed by atoms with Gasteiger partial charge in [-0.3, -0.25) is 4.79 Å². The van der Waals surface area contributed by atoms with E-state index in [2.05, 4.69) is 6.07 Å². The molecule has 0 aliphatic carbocycles. The van der Waals surface area contributed by atoms with Gasteiger partial charge in [-0.05, 0) is 34.0 Å². The van der Waals surface area contributed by atoms with Crippen LogP contribution in [-0.2, 0) is 4.79 Å². The number of rotatable bonds is 1. The first-order valence-corrected chi connectivity index (χ1v) is 7.58. The Morgan fingerprint density at radius 1 is 0.905 bits per heavy atom. The highest BCUT2D eigenvalue weighted by molar-refractivity contribution is 7.99. The van der Waals surface area contributed by atoms with Gasteiger partial charge in [-0.15, -0.1) is 0 Å². The molecule has 0 amide bonds. The highest BCUT2D eigenvalue weighted by Gasteiger charge is 2.32. The number of hydrogen-bond acceptors (Lipinski definition) is 2. The van der Waals surface area contributed by atoms with Crippen LogP contribution < -0.4 is 0 Å². The molecule has 102 valence electrons. The molecule has 1 heterocycles. The Balaban J connectivity index is 2.08. The summed E-state index contributed by atoms with van der Waals surface area (Å²) >= 11 is 1.66. The summed E-state index contributed by atoms with van der Waals surface area (Å²) in [7, 11) is 0. The summed E-state index contributed by atoms with van der Waals surface area (Å²) in [5.41, 5.74) is 1.81. The standard InChI is InChI=1S/C18H12O2S/c19-18(20)17-13-7-3-4-8-14(13)21-15-10-9-11-5-1-2-6-12(11)16(15)17/h1-10,17H,(H,19,20). The van der Waals surface area contributed by atoms with Crippen molar-refractivity contribution in [3.8, 4) is 0 Å². The Labute approximate surface area is 126 Å². The van der Waals surface area contributed by atoms with Gasteiger partial charge in [-0.25, -0.2) is 0 Å². The van der Waals surface area contributed by atoms with Crippen molar-refractivity contribution in [3.63, 3.8) is 0 Å². The normalized spacial score (nSPS) is 16.3. The predicted octanol–water partition coefficient (Wildman–Crippen LogP) is 4.52. The molecule has 1 atom stereocenters. The monoisotopic (exact) mass is 292 g/mol. The number of hydrogen-bond donors (Lipinski definition) is 1. The first kappa shape index (κ1) is 12.5. The van der Waals surface area contributed by atoms with Crippen LogP contribution in [0.1, 0.15) is 17.0 Å². The summed E-state index contributed by atoms with van der Waals surface area (Å²) in [6.45, 7) is 0. The van der Waals surface area contributed by atoms with Crippen LogP contribution in [0.25, 0.3) is 10.8 Å². The Kier molecular flexibility index (Phi) is 2.76. The van der Waals surface area contributed by atoms with Gasteiger partial charge < -0.3 is 5.11 Å². The number of carboxylic acids is 1. The van der Waals surface area contributed by atoms with Crippen LogP contribution in [0.15, 0.2) is 70.5 Å². The molecule has 0 aromatic heterocycles. The van der Waals surface area contributed by atoms with Crippen molar-refractivity contribution in [3.05, 3.63) is 71.8 Å². The van der Waals surface area contributed by atoms with Gasteiger partial charge in [-0.1, -0.05) is 60.3 Å². The zero-order valence-electron chi connectivity index (χ0n) is 11.1. The Morgan fingerprint density at radius 3 is 2.52 bits per heavy atom. The van der Waals surface area contributed by atoms with E-state index in [0.717, 1.165) is 31.7 Å². The van der Waals surface area contributed by atoms with Crippen molar-refractivity contribution >= 4 is 28.5 Å². The lowest BCUT2D eigenvalue weighted by Crippen LogP contribution is -2.17. The average molecular weight is 292 g/mol. The molecule has 3 aromatic carbocycles. The summed E-state index contributed by atoms with van der Waals surface area (Å²) in [6, 6.07) is 19.9. The second kappa shape index (κ2) is 4.64. The SMILES string of the molecule is O=C(O)C1c2ccccc2Sc2ccc3ccccc3c21. The Hall–Kier alpha value is -2.26. The number of benzene rings is 3. The average Bonchev–Trinajstić information content (AvgIpc) is 2.52. The van der Waals surface area contributed by atoms with Gasteiger partial charge in [0.15, 0.2) is 0 Å². The van der Waals surface area contributed by atoms with Gasteiger partial charge in [0.2, 0.25) is 0 Å². The van der Waals surface area contributed by atoms with Crippen LogP contribution in [-0.4, -0.2) is 11.1 Å². The van der Waals surface area contributed by atoms with Crippen LogP contribution >= 0.6 is 11.8 Å². The lowest BCUT2D eigenvalue weighted by molar-refractivity contribution is -0.137. The molecule has 3 heteroatoms. The van der Waals surface area contributed by atoms with Crippen LogP contribution in [0, 0.1) is 0 Å². The van der Waals surface area contributed by atoms with Gasteiger partial charge >= 0.3 is 5.97 Å². The predicted molar refractivity (Wildman–Crippen MR) is 84.0 cm³/mol. The summed E-state index contributed by atoms with van der Waals surface area (Å²) < 4.78 is 0. The Bertz CT molecular complexity index is 870. The van der Waals surface area contributed by atoms with E-state index in [-0.39, 0.29) is 0 Å². The summed E-state index contributed by atoms with van der Waals surface area (Å²) in [5.74, 6) is -1.39.